The van der Waals surface area contributed by atoms with Gasteiger partial charge in [-0.05, 0) is 37.9 Å². The Hall–Kier alpha value is -0.660. The minimum atomic E-state index is -0.826. The molecule has 0 aromatic carbocycles. The van der Waals surface area contributed by atoms with Gasteiger partial charge in [0.25, 0.3) is 0 Å². The maximum atomic E-state index is 10.1. The third-order valence-corrected chi connectivity index (χ3v) is 3.24. The molecule has 2 heterocycles. The SMILES string of the molecule is Cn1nnc(Br)c1C(O)c1ccoc1Br. The maximum Gasteiger partial charge on any atom is 0.175 e. The van der Waals surface area contributed by atoms with Crippen molar-refractivity contribution in [3.05, 3.63) is 32.9 Å². The molecule has 2 aromatic rings. The molecule has 2 rings (SSSR count). The number of aromatic nitrogens is 3. The van der Waals surface area contributed by atoms with E-state index < -0.39 is 6.10 Å². The highest BCUT2D eigenvalue weighted by Gasteiger charge is 2.22. The molecule has 0 spiro atoms. The van der Waals surface area contributed by atoms with Crippen molar-refractivity contribution < 1.29 is 9.52 Å². The molecule has 80 valence electrons. The number of halogens is 2. The fourth-order valence-corrected chi connectivity index (χ4v) is 2.28. The first kappa shape index (κ1) is 10.8. The Morgan fingerprint density at radius 2 is 2.27 bits per heavy atom. The van der Waals surface area contributed by atoms with Crippen LogP contribution in [0.3, 0.4) is 0 Å². The lowest BCUT2D eigenvalue weighted by Gasteiger charge is -2.08. The Morgan fingerprint density at radius 1 is 1.53 bits per heavy atom. The molecule has 0 aliphatic heterocycles. The molecule has 0 aliphatic carbocycles. The zero-order valence-electron chi connectivity index (χ0n) is 7.69. The van der Waals surface area contributed by atoms with Crippen LogP contribution in [0.5, 0.6) is 0 Å². The first-order valence-electron chi connectivity index (χ1n) is 4.07. The third-order valence-electron chi connectivity index (χ3n) is 2.03. The van der Waals surface area contributed by atoms with Gasteiger partial charge in [-0.15, -0.1) is 5.10 Å². The van der Waals surface area contributed by atoms with Gasteiger partial charge in [0.1, 0.15) is 11.8 Å². The highest BCUT2D eigenvalue weighted by molar-refractivity contribution is 9.10. The largest absolute Gasteiger partial charge is 0.457 e. The van der Waals surface area contributed by atoms with Gasteiger partial charge < -0.3 is 9.52 Å². The van der Waals surface area contributed by atoms with E-state index in [-0.39, 0.29) is 0 Å². The van der Waals surface area contributed by atoms with Gasteiger partial charge in [0.15, 0.2) is 9.27 Å². The van der Waals surface area contributed by atoms with Gasteiger partial charge >= 0.3 is 0 Å². The molecule has 0 saturated heterocycles. The van der Waals surface area contributed by atoms with Crippen LogP contribution in [0.1, 0.15) is 17.4 Å². The van der Waals surface area contributed by atoms with E-state index in [1.165, 1.54) is 10.9 Å². The summed E-state index contributed by atoms with van der Waals surface area (Å²) < 4.78 is 7.58. The van der Waals surface area contributed by atoms with Crippen LogP contribution in [-0.2, 0) is 7.05 Å². The summed E-state index contributed by atoms with van der Waals surface area (Å²) in [6.45, 7) is 0. The summed E-state index contributed by atoms with van der Waals surface area (Å²) in [6, 6.07) is 1.69. The lowest BCUT2D eigenvalue weighted by atomic mass is 10.1. The second-order valence-corrected chi connectivity index (χ2v) is 4.41. The van der Waals surface area contributed by atoms with E-state index in [4.69, 9.17) is 4.42 Å². The molecule has 2 aromatic heterocycles. The number of hydrogen-bond donors (Lipinski definition) is 1. The number of aliphatic hydroxyl groups is 1. The monoisotopic (exact) mass is 335 g/mol. The van der Waals surface area contributed by atoms with E-state index in [2.05, 4.69) is 42.2 Å². The fourth-order valence-electron chi connectivity index (χ4n) is 1.28. The van der Waals surface area contributed by atoms with Crippen LogP contribution in [0.15, 0.2) is 26.0 Å². The van der Waals surface area contributed by atoms with Gasteiger partial charge in [0.2, 0.25) is 0 Å². The Labute approximate surface area is 102 Å². The molecule has 15 heavy (non-hydrogen) atoms. The number of rotatable bonds is 2. The molecule has 7 heteroatoms. The molecule has 1 atom stereocenters. The average molecular weight is 337 g/mol. The van der Waals surface area contributed by atoms with Gasteiger partial charge in [0, 0.05) is 12.6 Å². The molecule has 0 fully saturated rings. The van der Waals surface area contributed by atoms with E-state index in [1.54, 1.807) is 13.1 Å². The standard InChI is InChI=1S/C8H7Br2N3O2/c1-13-5(7(9)11-12-13)6(14)4-2-3-15-8(4)10/h2-3,6,14H,1H3. The van der Waals surface area contributed by atoms with Crippen molar-refractivity contribution in [1.29, 1.82) is 0 Å². The maximum absolute atomic E-state index is 10.1. The van der Waals surface area contributed by atoms with Gasteiger partial charge in [-0.25, -0.2) is 4.68 Å². The minimum Gasteiger partial charge on any atom is -0.457 e. The van der Waals surface area contributed by atoms with E-state index in [0.29, 0.717) is 20.5 Å². The Kier molecular flexibility index (Phi) is 2.94. The number of furan rings is 1. The summed E-state index contributed by atoms with van der Waals surface area (Å²) in [4.78, 5) is 0. The highest BCUT2D eigenvalue weighted by Crippen LogP contribution is 2.31. The van der Waals surface area contributed by atoms with Crippen molar-refractivity contribution in [1.82, 2.24) is 15.0 Å². The summed E-state index contributed by atoms with van der Waals surface area (Å²) in [5.74, 6) is 0. The summed E-state index contributed by atoms with van der Waals surface area (Å²) >= 11 is 6.44. The van der Waals surface area contributed by atoms with Gasteiger partial charge in [-0.1, -0.05) is 5.21 Å². The molecule has 0 saturated carbocycles. The predicted octanol–water partition coefficient (Wildman–Crippen LogP) is 2.01. The minimum absolute atomic E-state index is 0.503. The van der Waals surface area contributed by atoms with Crippen LogP contribution in [0.25, 0.3) is 0 Å². The Bertz CT molecular complexity index is 460. The van der Waals surface area contributed by atoms with Crippen LogP contribution in [0.2, 0.25) is 0 Å². The zero-order valence-corrected chi connectivity index (χ0v) is 10.9. The van der Waals surface area contributed by atoms with Gasteiger partial charge in [-0.2, -0.15) is 0 Å². The highest BCUT2D eigenvalue weighted by atomic mass is 79.9. The van der Waals surface area contributed by atoms with E-state index in [9.17, 15) is 5.11 Å². The summed E-state index contributed by atoms with van der Waals surface area (Å²) in [7, 11) is 1.71. The summed E-state index contributed by atoms with van der Waals surface area (Å²) in [5, 5.41) is 17.7. The van der Waals surface area contributed by atoms with Crippen molar-refractivity contribution in [3.8, 4) is 0 Å². The van der Waals surface area contributed by atoms with E-state index >= 15 is 0 Å². The van der Waals surface area contributed by atoms with Crippen molar-refractivity contribution in [3.63, 3.8) is 0 Å². The van der Waals surface area contributed by atoms with Crippen LogP contribution < -0.4 is 0 Å². The normalized spacial score (nSPS) is 13.1. The molecule has 5 nitrogen and oxygen atoms in total. The van der Waals surface area contributed by atoms with Crippen LogP contribution in [0.4, 0.5) is 0 Å². The van der Waals surface area contributed by atoms with Crippen LogP contribution in [0, 0.1) is 0 Å². The average Bonchev–Trinajstić information content (AvgIpc) is 2.73. The topological polar surface area (TPSA) is 64.1 Å². The fraction of sp³-hybridized carbons (Fsp3) is 0.250. The van der Waals surface area contributed by atoms with Crippen LogP contribution >= 0.6 is 31.9 Å². The molecule has 1 N–H and O–H groups in total. The quantitative estimate of drug-likeness (QED) is 0.911. The lowest BCUT2D eigenvalue weighted by Crippen LogP contribution is -2.06. The number of aliphatic hydroxyl groups excluding tert-OH is 1. The van der Waals surface area contributed by atoms with Crippen molar-refractivity contribution in [2.24, 2.45) is 7.05 Å². The molecular weight excluding hydrogens is 330 g/mol. The number of aryl methyl sites for hydroxylation is 1. The summed E-state index contributed by atoms with van der Waals surface area (Å²) in [6.07, 6.45) is 0.674. The molecule has 0 amide bonds. The molecule has 0 aliphatic rings. The van der Waals surface area contributed by atoms with Gasteiger partial charge in [-0.3, -0.25) is 0 Å². The Balaban J connectivity index is 2.45. The van der Waals surface area contributed by atoms with Crippen LogP contribution in [-0.4, -0.2) is 20.1 Å². The zero-order chi connectivity index (χ0) is 11.0. The molecular formula is C8H7Br2N3O2. The summed E-state index contributed by atoms with van der Waals surface area (Å²) in [5.41, 5.74) is 1.22. The van der Waals surface area contributed by atoms with Gasteiger partial charge in [0.05, 0.1) is 6.26 Å². The number of nitrogens with zero attached hydrogens (tertiary/aromatic N) is 3. The molecule has 0 radical (unpaired) electrons. The lowest BCUT2D eigenvalue weighted by molar-refractivity contribution is 0.206. The number of hydrogen-bond acceptors (Lipinski definition) is 4. The first-order chi connectivity index (χ1) is 7.11. The van der Waals surface area contributed by atoms with E-state index in [0.717, 1.165) is 0 Å². The Morgan fingerprint density at radius 3 is 2.73 bits per heavy atom. The first-order valence-corrected chi connectivity index (χ1v) is 5.66. The van der Waals surface area contributed by atoms with Crippen molar-refractivity contribution in [2.75, 3.05) is 0 Å². The van der Waals surface area contributed by atoms with E-state index in [1.807, 2.05) is 0 Å². The second kappa shape index (κ2) is 4.07. The van der Waals surface area contributed by atoms with Crippen molar-refractivity contribution >= 4 is 31.9 Å². The second-order valence-electron chi connectivity index (χ2n) is 2.94. The smallest absolute Gasteiger partial charge is 0.175 e. The molecule has 0 bridgehead atoms. The molecule has 1 unspecified atom stereocenters. The third kappa shape index (κ3) is 1.86. The predicted molar refractivity (Wildman–Crippen MR) is 59.2 cm³/mol. The van der Waals surface area contributed by atoms with Crippen molar-refractivity contribution in [2.45, 2.75) is 6.10 Å².